The maximum Gasteiger partial charge on any atom is 0.303 e. The van der Waals surface area contributed by atoms with E-state index < -0.39 is 17.7 Å². The summed E-state index contributed by atoms with van der Waals surface area (Å²) in [5, 5.41) is 11.3. The normalized spacial score (nSPS) is 11.9. The summed E-state index contributed by atoms with van der Waals surface area (Å²) < 4.78 is 13.3. The summed E-state index contributed by atoms with van der Waals surface area (Å²) in [6.45, 7) is 1.85. The number of carboxylic acid groups (broad SMARTS) is 1. The van der Waals surface area contributed by atoms with Crippen LogP contribution in [0.2, 0.25) is 5.02 Å². The lowest BCUT2D eigenvalue weighted by molar-refractivity contribution is -0.137. The number of carbonyl (C=O) groups is 2. The standard InChI is InChI=1S/C12H13ClFNO3/c1-7(4-11(16)17)6-15-12(18)9-5-8(13)2-3-10(9)14/h2-3,5,7H,4,6H2,1H3,(H,15,18)(H,16,17). The molecular formula is C12H13ClFNO3. The number of hydrogen-bond acceptors (Lipinski definition) is 2. The Hall–Kier alpha value is -1.62. The third-order valence-electron chi connectivity index (χ3n) is 2.31. The van der Waals surface area contributed by atoms with E-state index in [-0.39, 0.29) is 29.5 Å². The van der Waals surface area contributed by atoms with Crippen molar-refractivity contribution in [1.29, 1.82) is 0 Å². The predicted octanol–water partition coefficient (Wildman–Crippen LogP) is 2.32. The van der Waals surface area contributed by atoms with E-state index in [0.29, 0.717) is 0 Å². The molecule has 1 amide bonds. The summed E-state index contributed by atoms with van der Waals surface area (Å²) in [5.41, 5.74) is -0.148. The van der Waals surface area contributed by atoms with E-state index in [1.807, 2.05) is 0 Å². The zero-order chi connectivity index (χ0) is 13.7. The quantitative estimate of drug-likeness (QED) is 0.865. The maximum atomic E-state index is 13.3. The zero-order valence-corrected chi connectivity index (χ0v) is 10.5. The molecule has 4 nitrogen and oxygen atoms in total. The minimum atomic E-state index is -0.939. The first-order chi connectivity index (χ1) is 8.40. The van der Waals surface area contributed by atoms with E-state index in [1.54, 1.807) is 6.92 Å². The Labute approximate surface area is 109 Å². The second kappa shape index (κ2) is 6.35. The molecule has 0 aliphatic heterocycles. The molecule has 0 bridgehead atoms. The van der Waals surface area contributed by atoms with Gasteiger partial charge >= 0.3 is 5.97 Å². The summed E-state index contributed by atoms with van der Waals surface area (Å²) >= 11 is 5.67. The molecule has 0 saturated carbocycles. The Kier molecular flexibility index (Phi) is 5.09. The lowest BCUT2D eigenvalue weighted by Crippen LogP contribution is -2.29. The minimum absolute atomic E-state index is 0.0572. The van der Waals surface area contributed by atoms with E-state index in [9.17, 15) is 14.0 Å². The van der Waals surface area contributed by atoms with Gasteiger partial charge in [0.25, 0.3) is 5.91 Å². The largest absolute Gasteiger partial charge is 0.481 e. The molecule has 0 fully saturated rings. The minimum Gasteiger partial charge on any atom is -0.481 e. The van der Waals surface area contributed by atoms with Crippen LogP contribution in [0.15, 0.2) is 18.2 Å². The fourth-order valence-corrected chi connectivity index (χ4v) is 1.58. The highest BCUT2D eigenvalue weighted by molar-refractivity contribution is 6.30. The van der Waals surface area contributed by atoms with Gasteiger partial charge in [-0.2, -0.15) is 0 Å². The summed E-state index contributed by atoms with van der Waals surface area (Å²) in [7, 11) is 0. The Bertz CT molecular complexity index is 465. The molecule has 0 aliphatic rings. The fourth-order valence-electron chi connectivity index (χ4n) is 1.40. The van der Waals surface area contributed by atoms with Crippen LogP contribution in [0.25, 0.3) is 0 Å². The van der Waals surface area contributed by atoms with Crippen LogP contribution >= 0.6 is 11.6 Å². The molecule has 2 N–H and O–H groups in total. The average Bonchev–Trinajstić information content (AvgIpc) is 2.28. The molecule has 1 aromatic rings. The van der Waals surface area contributed by atoms with Crippen LogP contribution in [0.5, 0.6) is 0 Å². The van der Waals surface area contributed by atoms with Crippen LogP contribution in [-0.4, -0.2) is 23.5 Å². The second-order valence-electron chi connectivity index (χ2n) is 4.04. The number of aliphatic carboxylic acids is 1. The molecule has 0 aromatic heterocycles. The van der Waals surface area contributed by atoms with Gasteiger partial charge in [-0.3, -0.25) is 9.59 Å². The highest BCUT2D eigenvalue weighted by Crippen LogP contribution is 2.14. The Balaban J connectivity index is 2.60. The van der Waals surface area contributed by atoms with Gasteiger partial charge in [0.15, 0.2) is 0 Å². The van der Waals surface area contributed by atoms with Crippen molar-refractivity contribution in [2.45, 2.75) is 13.3 Å². The van der Waals surface area contributed by atoms with Crippen LogP contribution in [0.4, 0.5) is 4.39 Å². The number of amides is 1. The number of nitrogens with one attached hydrogen (secondary N) is 1. The highest BCUT2D eigenvalue weighted by Gasteiger charge is 2.14. The fraction of sp³-hybridized carbons (Fsp3) is 0.333. The van der Waals surface area contributed by atoms with E-state index in [2.05, 4.69) is 5.32 Å². The smallest absolute Gasteiger partial charge is 0.303 e. The third kappa shape index (κ3) is 4.33. The Morgan fingerprint density at radius 3 is 2.78 bits per heavy atom. The van der Waals surface area contributed by atoms with Crippen molar-refractivity contribution in [2.24, 2.45) is 5.92 Å². The van der Waals surface area contributed by atoms with Gasteiger partial charge in [0.05, 0.1) is 5.56 Å². The van der Waals surface area contributed by atoms with E-state index in [1.165, 1.54) is 12.1 Å². The monoisotopic (exact) mass is 273 g/mol. The molecule has 98 valence electrons. The third-order valence-corrected chi connectivity index (χ3v) is 2.54. The van der Waals surface area contributed by atoms with Gasteiger partial charge in [-0.15, -0.1) is 0 Å². The van der Waals surface area contributed by atoms with Crippen molar-refractivity contribution in [1.82, 2.24) is 5.32 Å². The average molecular weight is 274 g/mol. The van der Waals surface area contributed by atoms with Crippen molar-refractivity contribution in [2.75, 3.05) is 6.54 Å². The summed E-state index contributed by atoms with van der Waals surface area (Å²) in [6, 6.07) is 3.69. The SMILES string of the molecule is CC(CNC(=O)c1cc(Cl)ccc1F)CC(=O)O. The molecule has 0 spiro atoms. The van der Waals surface area contributed by atoms with Crippen LogP contribution in [0.3, 0.4) is 0 Å². The molecule has 1 rings (SSSR count). The first kappa shape index (κ1) is 14.4. The Morgan fingerprint density at radius 1 is 1.50 bits per heavy atom. The van der Waals surface area contributed by atoms with Gasteiger partial charge in [-0.05, 0) is 24.1 Å². The molecule has 1 unspecified atom stereocenters. The van der Waals surface area contributed by atoms with Gasteiger partial charge in [0.1, 0.15) is 5.82 Å². The number of carbonyl (C=O) groups excluding carboxylic acids is 1. The lowest BCUT2D eigenvalue weighted by atomic mass is 10.1. The van der Waals surface area contributed by atoms with Crippen molar-refractivity contribution in [3.63, 3.8) is 0 Å². The van der Waals surface area contributed by atoms with Crippen LogP contribution in [0, 0.1) is 11.7 Å². The van der Waals surface area contributed by atoms with Gasteiger partial charge in [0, 0.05) is 18.0 Å². The summed E-state index contributed by atoms with van der Waals surface area (Å²) in [6.07, 6.45) is -0.0572. The van der Waals surface area contributed by atoms with Crippen molar-refractivity contribution < 1.29 is 19.1 Å². The number of rotatable bonds is 5. The van der Waals surface area contributed by atoms with Gasteiger partial charge in [0.2, 0.25) is 0 Å². The van der Waals surface area contributed by atoms with Crippen LogP contribution in [-0.2, 0) is 4.79 Å². The van der Waals surface area contributed by atoms with Crippen LogP contribution < -0.4 is 5.32 Å². The topological polar surface area (TPSA) is 66.4 Å². The number of carboxylic acids is 1. The van der Waals surface area contributed by atoms with Gasteiger partial charge in [-0.25, -0.2) is 4.39 Å². The summed E-state index contributed by atoms with van der Waals surface area (Å²) in [5.74, 6) is -2.44. The molecule has 18 heavy (non-hydrogen) atoms. The zero-order valence-electron chi connectivity index (χ0n) is 9.74. The molecule has 6 heteroatoms. The summed E-state index contributed by atoms with van der Waals surface area (Å²) in [4.78, 5) is 22.1. The van der Waals surface area contributed by atoms with Crippen molar-refractivity contribution in [3.05, 3.63) is 34.6 Å². The predicted molar refractivity (Wildman–Crippen MR) is 65.2 cm³/mol. The first-order valence-corrected chi connectivity index (χ1v) is 5.73. The number of benzene rings is 1. The Morgan fingerprint density at radius 2 is 2.17 bits per heavy atom. The van der Waals surface area contributed by atoms with E-state index in [4.69, 9.17) is 16.7 Å². The van der Waals surface area contributed by atoms with Crippen molar-refractivity contribution >= 4 is 23.5 Å². The van der Waals surface area contributed by atoms with Gasteiger partial charge in [-0.1, -0.05) is 18.5 Å². The molecule has 0 heterocycles. The maximum absolute atomic E-state index is 13.3. The molecule has 0 aliphatic carbocycles. The van der Waals surface area contributed by atoms with Crippen LogP contribution in [0.1, 0.15) is 23.7 Å². The van der Waals surface area contributed by atoms with E-state index >= 15 is 0 Å². The van der Waals surface area contributed by atoms with E-state index in [0.717, 1.165) is 6.07 Å². The second-order valence-corrected chi connectivity index (χ2v) is 4.47. The number of hydrogen-bond donors (Lipinski definition) is 2. The molecule has 1 atom stereocenters. The molecule has 1 aromatic carbocycles. The molecular weight excluding hydrogens is 261 g/mol. The first-order valence-electron chi connectivity index (χ1n) is 5.35. The lowest BCUT2D eigenvalue weighted by Gasteiger charge is -2.10. The molecule has 0 radical (unpaired) electrons. The molecule has 0 saturated heterocycles. The number of halogens is 2. The highest BCUT2D eigenvalue weighted by atomic mass is 35.5. The van der Waals surface area contributed by atoms with Gasteiger partial charge < -0.3 is 10.4 Å². The van der Waals surface area contributed by atoms with Crippen molar-refractivity contribution in [3.8, 4) is 0 Å².